The number of carbonyl (C=O) groups excluding carboxylic acids is 2. The molecule has 43 heavy (non-hydrogen) atoms. The average Bonchev–Trinajstić information content (AvgIpc) is 3.01. The number of esters is 2. The molecule has 1 aromatic carbocycles. The molecule has 0 spiro atoms. The SMILES string of the molecule is CCOC(=O)c1c(O)c2cncnc2n(O)c1=O.CCOC(=O)c1c(O)c2cncnc2n(OCc2ccccc2)c1=O. The van der Waals surface area contributed by atoms with Gasteiger partial charge in [-0.25, -0.2) is 29.5 Å². The Bertz CT molecular complexity index is 1920. The van der Waals surface area contributed by atoms with Crippen LogP contribution in [0.1, 0.15) is 40.1 Å². The van der Waals surface area contributed by atoms with E-state index in [0.717, 1.165) is 16.6 Å². The molecule has 0 saturated carbocycles. The van der Waals surface area contributed by atoms with Crippen LogP contribution in [0.15, 0.2) is 65.0 Å². The van der Waals surface area contributed by atoms with E-state index in [1.807, 2.05) is 30.3 Å². The molecule has 0 radical (unpaired) electrons. The van der Waals surface area contributed by atoms with Gasteiger partial charge in [0, 0.05) is 12.4 Å². The number of hydrogen-bond donors (Lipinski definition) is 3. The van der Waals surface area contributed by atoms with Crippen molar-refractivity contribution < 1.29 is 39.3 Å². The van der Waals surface area contributed by atoms with Crippen molar-refractivity contribution in [2.45, 2.75) is 20.5 Å². The van der Waals surface area contributed by atoms with E-state index in [2.05, 4.69) is 24.7 Å². The molecule has 0 aliphatic rings. The third-order valence-corrected chi connectivity index (χ3v) is 5.73. The van der Waals surface area contributed by atoms with Gasteiger partial charge in [-0.2, -0.15) is 0 Å². The summed E-state index contributed by atoms with van der Waals surface area (Å²) in [6, 6.07) is 9.19. The first kappa shape index (κ1) is 29.9. The maximum atomic E-state index is 12.7. The third kappa shape index (κ3) is 6.02. The number of aromatic nitrogens is 6. The van der Waals surface area contributed by atoms with E-state index in [1.165, 1.54) is 18.7 Å². The summed E-state index contributed by atoms with van der Waals surface area (Å²) in [5.74, 6) is -3.10. The Balaban J connectivity index is 0.000000208. The zero-order valence-corrected chi connectivity index (χ0v) is 22.7. The zero-order valence-electron chi connectivity index (χ0n) is 22.7. The molecule has 0 saturated heterocycles. The highest BCUT2D eigenvalue weighted by atomic mass is 16.7. The first-order chi connectivity index (χ1) is 20.7. The van der Waals surface area contributed by atoms with Gasteiger partial charge in [-0.15, -0.1) is 9.46 Å². The second kappa shape index (κ2) is 13.1. The van der Waals surface area contributed by atoms with Gasteiger partial charge in [0.1, 0.15) is 30.8 Å². The van der Waals surface area contributed by atoms with Crippen LogP contribution in [0.2, 0.25) is 0 Å². The minimum absolute atomic E-state index is 0.0253. The number of aromatic hydroxyl groups is 2. The number of pyridine rings is 2. The molecule has 222 valence electrons. The fourth-order valence-corrected chi connectivity index (χ4v) is 3.79. The van der Waals surface area contributed by atoms with Crippen molar-refractivity contribution >= 4 is 34.0 Å². The van der Waals surface area contributed by atoms with E-state index < -0.39 is 45.7 Å². The molecular formula is C27H24N6O10. The lowest BCUT2D eigenvalue weighted by Gasteiger charge is -2.13. The predicted octanol–water partition coefficient (Wildman–Crippen LogP) is 1.21. The second-order valence-corrected chi connectivity index (χ2v) is 8.38. The lowest BCUT2D eigenvalue weighted by Crippen LogP contribution is -2.32. The molecule has 0 unspecified atom stereocenters. The maximum absolute atomic E-state index is 12.7. The first-order valence-electron chi connectivity index (χ1n) is 12.6. The number of ether oxygens (including phenoxy) is 2. The number of nitrogens with zero attached hydrogens (tertiary/aromatic N) is 6. The number of rotatable bonds is 7. The molecule has 3 N–H and O–H groups in total. The summed E-state index contributed by atoms with van der Waals surface area (Å²) in [6.07, 6.45) is 4.78. The van der Waals surface area contributed by atoms with Crippen LogP contribution in [0.5, 0.6) is 11.5 Å². The minimum atomic E-state index is -1.10. The van der Waals surface area contributed by atoms with Crippen molar-refractivity contribution in [2.24, 2.45) is 0 Å². The zero-order chi connectivity index (χ0) is 31.1. The standard InChI is InChI=1S/C17H15N3O5.C10H9N3O5/c1-2-24-17(23)13-14(21)12-8-18-10-19-15(12)20(16(13)22)25-9-11-6-4-3-5-7-11;1-2-18-10(16)6-7(14)5-3-11-4-12-8(5)13(17)9(6)15/h3-8,10,21H,2,9H2,1H3;3-4,14,17H,2H2,1H3. The van der Waals surface area contributed by atoms with E-state index in [-0.39, 0.29) is 46.6 Å². The summed E-state index contributed by atoms with van der Waals surface area (Å²) >= 11 is 0. The van der Waals surface area contributed by atoms with Crippen LogP contribution in [0.3, 0.4) is 0 Å². The highest BCUT2D eigenvalue weighted by Gasteiger charge is 2.25. The summed E-state index contributed by atoms with van der Waals surface area (Å²) < 4.78 is 10.5. The Morgan fingerprint density at radius 2 is 1.30 bits per heavy atom. The summed E-state index contributed by atoms with van der Waals surface area (Å²) in [7, 11) is 0. The van der Waals surface area contributed by atoms with Gasteiger partial charge < -0.3 is 29.7 Å². The Morgan fingerprint density at radius 3 is 1.86 bits per heavy atom. The molecule has 16 nitrogen and oxygen atoms in total. The van der Waals surface area contributed by atoms with Crippen LogP contribution < -0.4 is 16.0 Å². The van der Waals surface area contributed by atoms with E-state index in [4.69, 9.17) is 9.57 Å². The molecule has 4 heterocycles. The molecule has 5 rings (SSSR count). The van der Waals surface area contributed by atoms with Crippen LogP contribution in [-0.4, -0.2) is 70.0 Å². The largest absolute Gasteiger partial charge is 0.506 e. The summed E-state index contributed by atoms with van der Waals surface area (Å²) in [6.45, 7) is 3.32. The summed E-state index contributed by atoms with van der Waals surface area (Å²) in [4.78, 5) is 68.6. The maximum Gasteiger partial charge on any atom is 0.347 e. The number of benzene rings is 1. The monoisotopic (exact) mass is 592 g/mol. The molecule has 0 aliphatic carbocycles. The van der Waals surface area contributed by atoms with E-state index in [1.54, 1.807) is 13.8 Å². The van der Waals surface area contributed by atoms with Gasteiger partial charge in [0.25, 0.3) is 0 Å². The fraction of sp³-hybridized carbons (Fsp3) is 0.185. The lowest BCUT2D eigenvalue weighted by atomic mass is 10.2. The Labute approximate surface area is 240 Å². The van der Waals surface area contributed by atoms with Crippen LogP contribution >= 0.6 is 0 Å². The highest BCUT2D eigenvalue weighted by Crippen LogP contribution is 2.25. The van der Waals surface area contributed by atoms with Crippen LogP contribution in [0.25, 0.3) is 22.1 Å². The Morgan fingerprint density at radius 1 is 0.791 bits per heavy atom. The number of fused-ring (bicyclic) bond motifs is 2. The van der Waals surface area contributed by atoms with Crippen molar-refractivity contribution in [2.75, 3.05) is 13.2 Å². The molecule has 4 aromatic heterocycles. The summed E-state index contributed by atoms with van der Waals surface area (Å²) in [5.41, 5.74) is -2.43. The van der Waals surface area contributed by atoms with Gasteiger partial charge in [-0.05, 0) is 19.4 Å². The normalized spacial score (nSPS) is 10.6. The molecule has 0 amide bonds. The van der Waals surface area contributed by atoms with E-state index in [9.17, 15) is 34.6 Å². The van der Waals surface area contributed by atoms with Gasteiger partial charge in [-0.3, -0.25) is 9.59 Å². The molecule has 5 aromatic rings. The third-order valence-electron chi connectivity index (χ3n) is 5.73. The Hall–Kier alpha value is -6.06. The second-order valence-electron chi connectivity index (χ2n) is 8.38. The average molecular weight is 593 g/mol. The molecule has 0 aliphatic heterocycles. The minimum Gasteiger partial charge on any atom is -0.506 e. The first-order valence-corrected chi connectivity index (χ1v) is 12.6. The van der Waals surface area contributed by atoms with Crippen molar-refractivity contribution in [3.05, 3.63) is 92.8 Å². The van der Waals surface area contributed by atoms with Gasteiger partial charge in [0.05, 0.1) is 24.0 Å². The van der Waals surface area contributed by atoms with Gasteiger partial charge >= 0.3 is 23.1 Å². The van der Waals surface area contributed by atoms with Gasteiger partial charge in [0.15, 0.2) is 22.4 Å². The van der Waals surface area contributed by atoms with E-state index >= 15 is 0 Å². The van der Waals surface area contributed by atoms with Crippen molar-refractivity contribution in [1.29, 1.82) is 0 Å². The van der Waals surface area contributed by atoms with Crippen LogP contribution in [-0.2, 0) is 16.1 Å². The molecule has 16 heteroatoms. The smallest absolute Gasteiger partial charge is 0.347 e. The molecule has 0 atom stereocenters. The van der Waals surface area contributed by atoms with Crippen molar-refractivity contribution in [3.63, 3.8) is 0 Å². The van der Waals surface area contributed by atoms with E-state index in [0.29, 0.717) is 0 Å². The van der Waals surface area contributed by atoms with Crippen LogP contribution in [0, 0.1) is 0 Å². The lowest BCUT2D eigenvalue weighted by molar-refractivity contribution is 0.0501. The predicted molar refractivity (Wildman–Crippen MR) is 147 cm³/mol. The van der Waals surface area contributed by atoms with Gasteiger partial charge in [-0.1, -0.05) is 30.3 Å². The van der Waals surface area contributed by atoms with Gasteiger partial charge in [0.2, 0.25) is 0 Å². The topological polar surface area (TPSA) is 218 Å². The molecule has 0 fully saturated rings. The highest BCUT2D eigenvalue weighted by molar-refractivity contribution is 5.99. The van der Waals surface area contributed by atoms with Crippen molar-refractivity contribution in [1.82, 2.24) is 29.4 Å². The Kier molecular flexibility index (Phi) is 9.09. The number of hydrogen-bond acceptors (Lipinski definition) is 14. The summed E-state index contributed by atoms with van der Waals surface area (Å²) in [5, 5.41) is 29.8. The molecular weight excluding hydrogens is 568 g/mol. The van der Waals surface area contributed by atoms with Crippen molar-refractivity contribution in [3.8, 4) is 11.5 Å². The van der Waals surface area contributed by atoms with Crippen LogP contribution in [0.4, 0.5) is 0 Å². The number of carbonyl (C=O) groups is 2. The quantitative estimate of drug-likeness (QED) is 0.179. The fourth-order valence-electron chi connectivity index (χ4n) is 3.79. The molecule has 0 bridgehead atoms.